The molecule has 1 N–H and O–H groups in total. The van der Waals surface area contributed by atoms with Crippen molar-refractivity contribution in [3.05, 3.63) is 45.0 Å². The van der Waals surface area contributed by atoms with Gasteiger partial charge in [0, 0.05) is 22.9 Å². The summed E-state index contributed by atoms with van der Waals surface area (Å²) in [6.07, 6.45) is 3.92. The van der Waals surface area contributed by atoms with Gasteiger partial charge in [0.1, 0.15) is 5.76 Å². The molecule has 0 fully saturated rings. The van der Waals surface area contributed by atoms with Crippen molar-refractivity contribution < 1.29 is 4.42 Å². The summed E-state index contributed by atoms with van der Waals surface area (Å²) in [5.41, 5.74) is 1.21. The second-order valence-electron chi connectivity index (χ2n) is 4.41. The Bertz CT molecular complexity index is 491. The summed E-state index contributed by atoms with van der Waals surface area (Å²) < 4.78 is 6.26. The van der Waals surface area contributed by atoms with Crippen LogP contribution in [0.15, 0.2) is 28.9 Å². The molecule has 18 heavy (non-hydrogen) atoms. The van der Waals surface area contributed by atoms with E-state index >= 15 is 0 Å². The minimum Gasteiger partial charge on any atom is -0.469 e. The lowest BCUT2D eigenvalue weighted by Crippen LogP contribution is -2.23. The number of furan rings is 1. The molecule has 2 aromatic heterocycles. The van der Waals surface area contributed by atoms with Crippen LogP contribution < -0.4 is 5.32 Å². The van der Waals surface area contributed by atoms with Gasteiger partial charge in [-0.1, -0.05) is 18.5 Å². The lowest BCUT2D eigenvalue weighted by atomic mass is 10.1. The van der Waals surface area contributed by atoms with Crippen LogP contribution in [0.4, 0.5) is 0 Å². The molecule has 1 atom stereocenters. The molecule has 2 nitrogen and oxygen atoms in total. The summed E-state index contributed by atoms with van der Waals surface area (Å²) in [5.74, 6) is 0.956. The molecule has 0 spiro atoms. The predicted octanol–water partition coefficient (Wildman–Crippen LogP) is 4.59. The highest BCUT2D eigenvalue weighted by atomic mass is 35.5. The van der Waals surface area contributed by atoms with E-state index in [4.69, 9.17) is 16.0 Å². The summed E-state index contributed by atoms with van der Waals surface area (Å²) in [6, 6.07) is 6.46. The van der Waals surface area contributed by atoms with Gasteiger partial charge in [0.05, 0.1) is 10.6 Å². The van der Waals surface area contributed by atoms with Gasteiger partial charge in [-0.3, -0.25) is 0 Å². The summed E-state index contributed by atoms with van der Waals surface area (Å²) in [5, 5.41) is 3.56. The first kappa shape index (κ1) is 13.7. The van der Waals surface area contributed by atoms with E-state index in [2.05, 4.69) is 24.4 Å². The van der Waals surface area contributed by atoms with Crippen molar-refractivity contribution in [1.82, 2.24) is 5.32 Å². The monoisotopic (exact) mass is 283 g/mol. The molecule has 0 amide bonds. The SMILES string of the molecule is CCCNC(Cc1ccc(Cl)s1)c1coc(C)c1. The fourth-order valence-electron chi connectivity index (χ4n) is 1.94. The van der Waals surface area contributed by atoms with Crippen LogP contribution in [0.3, 0.4) is 0 Å². The fraction of sp³-hybridized carbons (Fsp3) is 0.429. The number of aryl methyl sites for hydroxylation is 1. The van der Waals surface area contributed by atoms with Crippen molar-refractivity contribution in [2.24, 2.45) is 0 Å². The standard InChI is InChI=1S/C14H18ClNOS/c1-3-6-16-13(11-7-10(2)17-9-11)8-12-4-5-14(15)18-12/h4-5,7,9,13,16H,3,6,8H2,1-2H3. The van der Waals surface area contributed by atoms with Gasteiger partial charge in [-0.2, -0.15) is 0 Å². The Morgan fingerprint density at radius 1 is 1.44 bits per heavy atom. The Kier molecular flexibility index (Phi) is 4.87. The van der Waals surface area contributed by atoms with Gasteiger partial charge >= 0.3 is 0 Å². The molecule has 2 rings (SSSR count). The van der Waals surface area contributed by atoms with E-state index in [0.29, 0.717) is 6.04 Å². The molecule has 0 aliphatic carbocycles. The molecule has 2 heterocycles. The normalized spacial score (nSPS) is 12.8. The van der Waals surface area contributed by atoms with Crippen LogP contribution in [0.5, 0.6) is 0 Å². The summed E-state index contributed by atoms with van der Waals surface area (Å²) in [6.45, 7) is 5.16. The Labute approximate surface area is 117 Å². The zero-order valence-corrected chi connectivity index (χ0v) is 12.3. The molecule has 2 aromatic rings. The first-order valence-electron chi connectivity index (χ1n) is 6.21. The lowest BCUT2D eigenvalue weighted by Gasteiger charge is -2.16. The largest absolute Gasteiger partial charge is 0.469 e. The molecule has 4 heteroatoms. The molecule has 0 bridgehead atoms. The highest BCUT2D eigenvalue weighted by Gasteiger charge is 2.14. The van der Waals surface area contributed by atoms with Crippen LogP contribution in [0, 0.1) is 6.92 Å². The van der Waals surface area contributed by atoms with Crippen molar-refractivity contribution in [1.29, 1.82) is 0 Å². The summed E-state index contributed by atoms with van der Waals surface area (Å²) in [7, 11) is 0. The topological polar surface area (TPSA) is 25.2 Å². The first-order valence-corrected chi connectivity index (χ1v) is 7.41. The van der Waals surface area contributed by atoms with E-state index in [-0.39, 0.29) is 0 Å². The van der Waals surface area contributed by atoms with Gasteiger partial charge in [0.2, 0.25) is 0 Å². The zero-order chi connectivity index (χ0) is 13.0. The number of thiophene rings is 1. The third-order valence-corrected chi connectivity index (χ3v) is 4.08. The van der Waals surface area contributed by atoms with Crippen molar-refractivity contribution in [2.75, 3.05) is 6.54 Å². The third-order valence-electron chi connectivity index (χ3n) is 2.83. The Morgan fingerprint density at radius 2 is 2.28 bits per heavy atom. The number of rotatable bonds is 6. The predicted molar refractivity (Wildman–Crippen MR) is 77.5 cm³/mol. The second kappa shape index (κ2) is 6.41. The van der Waals surface area contributed by atoms with Crippen molar-refractivity contribution in [2.45, 2.75) is 32.7 Å². The zero-order valence-electron chi connectivity index (χ0n) is 10.7. The average Bonchev–Trinajstić information content (AvgIpc) is 2.93. The highest BCUT2D eigenvalue weighted by Crippen LogP contribution is 2.27. The van der Waals surface area contributed by atoms with Crippen LogP contribution in [-0.2, 0) is 6.42 Å². The molecular weight excluding hydrogens is 266 g/mol. The highest BCUT2D eigenvalue weighted by molar-refractivity contribution is 7.16. The summed E-state index contributed by atoms with van der Waals surface area (Å²) >= 11 is 7.62. The van der Waals surface area contributed by atoms with Crippen LogP contribution >= 0.6 is 22.9 Å². The van der Waals surface area contributed by atoms with Crippen LogP contribution in [0.2, 0.25) is 4.34 Å². The lowest BCUT2D eigenvalue weighted by molar-refractivity contribution is 0.505. The van der Waals surface area contributed by atoms with Gasteiger partial charge in [0.15, 0.2) is 0 Å². The smallest absolute Gasteiger partial charge is 0.101 e. The minimum absolute atomic E-state index is 0.303. The maximum absolute atomic E-state index is 5.98. The van der Waals surface area contributed by atoms with Gasteiger partial charge in [-0.15, -0.1) is 11.3 Å². The molecule has 0 aliphatic rings. The molecule has 0 saturated heterocycles. The molecular formula is C14H18ClNOS. The second-order valence-corrected chi connectivity index (χ2v) is 6.21. The number of hydrogen-bond donors (Lipinski definition) is 1. The fourth-order valence-corrected chi connectivity index (χ4v) is 3.07. The van der Waals surface area contributed by atoms with E-state index < -0.39 is 0 Å². The maximum atomic E-state index is 5.98. The van der Waals surface area contributed by atoms with Crippen molar-refractivity contribution >= 4 is 22.9 Å². The molecule has 0 aromatic carbocycles. The van der Waals surface area contributed by atoms with E-state index in [1.807, 2.05) is 19.3 Å². The minimum atomic E-state index is 0.303. The van der Waals surface area contributed by atoms with Crippen LogP contribution in [0.25, 0.3) is 0 Å². The first-order chi connectivity index (χ1) is 8.69. The Hall–Kier alpha value is -0.770. The molecule has 1 unspecified atom stereocenters. The van der Waals surface area contributed by atoms with E-state index in [1.165, 1.54) is 10.4 Å². The maximum Gasteiger partial charge on any atom is 0.101 e. The van der Waals surface area contributed by atoms with E-state index in [9.17, 15) is 0 Å². The summed E-state index contributed by atoms with van der Waals surface area (Å²) in [4.78, 5) is 1.30. The third kappa shape index (κ3) is 3.61. The number of hydrogen-bond acceptors (Lipinski definition) is 3. The van der Waals surface area contributed by atoms with Crippen molar-refractivity contribution in [3.63, 3.8) is 0 Å². The van der Waals surface area contributed by atoms with Gasteiger partial charge < -0.3 is 9.73 Å². The quantitative estimate of drug-likeness (QED) is 0.839. The Morgan fingerprint density at radius 3 is 2.83 bits per heavy atom. The van der Waals surface area contributed by atoms with Gasteiger partial charge in [0.25, 0.3) is 0 Å². The Balaban J connectivity index is 2.09. The van der Waals surface area contributed by atoms with E-state index in [1.54, 1.807) is 11.3 Å². The van der Waals surface area contributed by atoms with Gasteiger partial charge in [-0.05, 0) is 38.1 Å². The molecule has 0 aliphatic heterocycles. The van der Waals surface area contributed by atoms with Crippen LogP contribution in [-0.4, -0.2) is 6.54 Å². The van der Waals surface area contributed by atoms with Gasteiger partial charge in [-0.25, -0.2) is 0 Å². The van der Waals surface area contributed by atoms with Crippen molar-refractivity contribution in [3.8, 4) is 0 Å². The molecule has 0 radical (unpaired) electrons. The average molecular weight is 284 g/mol. The molecule has 98 valence electrons. The molecule has 0 saturated carbocycles. The van der Waals surface area contributed by atoms with Crippen LogP contribution in [0.1, 0.15) is 35.6 Å². The number of nitrogens with one attached hydrogen (secondary N) is 1. The number of halogens is 1. The van der Waals surface area contributed by atoms with E-state index in [0.717, 1.165) is 29.5 Å².